The number of aromatic nitrogens is 2. The highest BCUT2D eigenvalue weighted by atomic mass is 16.4. The summed E-state index contributed by atoms with van der Waals surface area (Å²) >= 11 is 0. The van der Waals surface area contributed by atoms with Gasteiger partial charge in [0.15, 0.2) is 0 Å². The van der Waals surface area contributed by atoms with E-state index in [9.17, 15) is 4.79 Å². The normalized spacial score (nSPS) is 14.0. The van der Waals surface area contributed by atoms with E-state index in [2.05, 4.69) is 5.10 Å². The van der Waals surface area contributed by atoms with Crippen molar-refractivity contribution < 1.29 is 9.90 Å². The van der Waals surface area contributed by atoms with Crippen molar-refractivity contribution in [1.29, 1.82) is 0 Å². The SMILES string of the molecule is CC(C(=O)O)c1ccn(C(C)(C)C)n1. The van der Waals surface area contributed by atoms with E-state index in [1.807, 2.05) is 27.0 Å². The molecule has 0 amide bonds. The van der Waals surface area contributed by atoms with Crippen molar-refractivity contribution in [3.05, 3.63) is 18.0 Å². The molecule has 1 N–H and O–H groups in total. The average molecular weight is 196 g/mol. The first-order chi connectivity index (χ1) is 6.32. The second kappa shape index (κ2) is 3.44. The molecule has 0 fully saturated rings. The smallest absolute Gasteiger partial charge is 0.312 e. The molecule has 1 heterocycles. The average Bonchev–Trinajstić information content (AvgIpc) is 2.49. The third kappa shape index (κ3) is 2.13. The van der Waals surface area contributed by atoms with Gasteiger partial charge >= 0.3 is 5.97 Å². The minimum absolute atomic E-state index is 0.101. The van der Waals surface area contributed by atoms with Gasteiger partial charge in [0.2, 0.25) is 0 Å². The van der Waals surface area contributed by atoms with Gasteiger partial charge < -0.3 is 5.11 Å². The zero-order chi connectivity index (χ0) is 10.9. The molecule has 1 aromatic heterocycles. The van der Waals surface area contributed by atoms with Gasteiger partial charge in [0.1, 0.15) is 0 Å². The highest BCUT2D eigenvalue weighted by Gasteiger charge is 2.19. The topological polar surface area (TPSA) is 55.1 Å². The number of carboxylic acids is 1. The van der Waals surface area contributed by atoms with Crippen molar-refractivity contribution in [2.75, 3.05) is 0 Å². The number of carbonyl (C=O) groups is 1. The maximum absolute atomic E-state index is 10.7. The minimum Gasteiger partial charge on any atom is -0.481 e. The number of carboxylic acid groups (broad SMARTS) is 1. The third-order valence-corrected chi connectivity index (χ3v) is 2.11. The van der Waals surface area contributed by atoms with E-state index in [-0.39, 0.29) is 5.54 Å². The fourth-order valence-electron chi connectivity index (χ4n) is 1.07. The van der Waals surface area contributed by atoms with E-state index < -0.39 is 11.9 Å². The fourth-order valence-corrected chi connectivity index (χ4v) is 1.07. The van der Waals surface area contributed by atoms with Gasteiger partial charge in [-0.3, -0.25) is 9.48 Å². The zero-order valence-electron chi connectivity index (χ0n) is 8.98. The predicted octanol–water partition coefficient (Wildman–Crippen LogP) is 1.83. The molecular weight excluding hydrogens is 180 g/mol. The van der Waals surface area contributed by atoms with Gasteiger partial charge in [0.05, 0.1) is 17.2 Å². The summed E-state index contributed by atoms with van der Waals surface area (Å²) in [6.07, 6.45) is 1.81. The molecule has 78 valence electrons. The van der Waals surface area contributed by atoms with E-state index in [1.54, 1.807) is 17.7 Å². The molecule has 0 saturated heterocycles. The third-order valence-electron chi connectivity index (χ3n) is 2.11. The lowest BCUT2D eigenvalue weighted by Crippen LogP contribution is -2.22. The van der Waals surface area contributed by atoms with Crippen LogP contribution in [-0.4, -0.2) is 20.9 Å². The maximum atomic E-state index is 10.7. The van der Waals surface area contributed by atoms with Crippen LogP contribution in [-0.2, 0) is 10.3 Å². The van der Waals surface area contributed by atoms with Crippen molar-refractivity contribution in [1.82, 2.24) is 9.78 Å². The van der Waals surface area contributed by atoms with Gasteiger partial charge in [-0.05, 0) is 33.8 Å². The molecule has 14 heavy (non-hydrogen) atoms. The molecule has 1 aromatic rings. The zero-order valence-corrected chi connectivity index (χ0v) is 8.98. The number of hydrogen-bond donors (Lipinski definition) is 1. The molecule has 1 atom stereocenters. The maximum Gasteiger partial charge on any atom is 0.312 e. The quantitative estimate of drug-likeness (QED) is 0.785. The minimum atomic E-state index is -0.843. The summed E-state index contributed by atoms with van der Waals surface area (Å²) in [6.45, 7) is 7.71. The lowest BCUT2D eigenvalue weighted by atomic mass is 10.1. The second-order valence-corrected chi connectivity index (χ2v) is 4.42. The van der Waals surface area contributed by atoms with Gasteiger partial charge in [-0.25, -0.2) is 0 Å². The van der Waals surface area contributed by atoms with E-state index in [0.717, 1.165) is 0 Å². The van der Waals surface area contributed by atoms with Crippen molar-refractivity contribution in [2.45, 2.75) is 39.2 Å². The Kier molecular flexibility index (Phi) is 2.64. The van der Waals surface area contributed by atoms with Crippen LogP contribution in [0.2, 0.25) is 0 Å². The Balaban J connectivity index is 2.94. The molecule has 0 spiro atoms. The molecule has 0 saturated carbocycles. The standard InChI is InChI=1S/C10H16N2O2/c1-7(9(13)14)8-5-6-12(11-8)10(2,3)4/h5-7H,1-4H3,(H,13,14). The van der Waals surface area contributed by atoms with Crippen LogP contribution in [0, 0.1) is 0 Å². The summed E-state index contributed by atoms with van der Waals surface area (Å²) in [5, 5.41) is 13.0. The number of hydrogen-bond acceptors (Lipinski definition) is 2. The van der Waals surface area contributed by atoms with Crippen LogP contribution in [0.1, 0.15) is 39.3 Å². The van der Waals surface area contributed by atoms with Crippen LogP contribution >= 0.6 is 0 Å². The van der Waals surface area contributed by atoms with Gasteiger partial charge in [0, 0.05) is 6.20 Å². The van der Waals surface area contributed by atoms with E-state index in [1.165, 1.54) is 0 Å². The molecule has 4 nitrogen and oxygen atoms in total. The largest absolute Gasteiger partial charge is 0.481 e. The van der Waals surface area contributed by atoms with Crippen LogP contribution in [0.5, 0.6) is 0 Å². The van der Waals surface area contributed by atoms with Crippen LogP contribution in [0.3, 0.4) is 0 Å². The van der Waals surface area contributed by atoms with Crippen molar-refractivity contribution in [2.24, 2.45) is 0 Å². The first-order valence-electron chi connectivity index (χ1n) is 4.61. The molecular formula is C10H16N2O2. The summed E-state index contributed by atoms with van der Waals surface area (Å²) < 4.78 is 1.78. The highest BCUT2D eigenvalue weighted by Crippen LogP contribution is 2.17. The van der Waals surface area contributed by atoms with Gasteiger partial charge in [0.25, 0.3) is 0 Å². The molecule has 0 aliphatic heterocycles. The molecule has 4 heteroatoms. The number of rotatable bonds is 2. The van der Waals surface area contributed by atoms with Gasteiger partial charge in [-0.1, -0.05) is 0 Å². The van der Waals surface area contributed by atoms with Crippen molar-refractivity contribution >= 4 is 5.97 Å². The summed E-state index contributed by atoms with van der Waals surface area (Å²) in [5.41, 5.74) is 0.503. The summed E-state index contributed by atoms with van der Waals surface area (Å²) in [4.78, 5) is 10.7. The van der Waals surface area contributed by atoms with Crippen LogP contribution in [0.15, 0.2) is 12.3 Å². The summed E-state index contributed by atoms with van der Waals surface area (Å²) in [5.74, 6) is -1.39. The molecule has 0 bridgehead atoms. The van der Waals surface area contributed by atoms with Crippen molar-refractivity contribution in [3.8, 4) is 0 Å². The summed E-state index contributed by atoms with van der Waals surface area (Å²) in [7, 11) is 0. The molecule has 1 unspecified atom stereocenters. The number of aliphatic carboxylic acids is 1. The van der Waals surface area contributed by atoms with Crippen LogP contribution < -0.4 is 0 Å². The Morgan fingerprint density at radius 2 is 2.14 bits per heavy atom. The Labute approximate surface area is 83.5 Å². The Bertz CT molecular complexity index is 336. The van der Waals surface area contributed by atoms with E-state index in [4.69, 9.17) is 5.11 Å². The first-order valence-corrected chi connectivity index (χ1v) is 4.61. The first kappa shape index (κ1) is 10.8. The Morgan fingerprint density at radius 1 is 1.57 bits per heavy atom. The van der Waals surface area contributed by atoms with E-state index >= 15 is 0 Å². The van der Waals surface area contributed by atoms with Gasteiger partial charge in [-0.15, -0.1) is 0 Å². The molecule has 0 aliphatic rings. The summed E-state index contributed by atoms with van der Waals surface area (Å²) in [6, 6.07) is 1.75. The lowest BCUT2D eigenvalue weighted by Gasteiger charge is -2.19. The predicted molar refractivity (Wildman–Crippen MR) is 53.3 cm³/mol. The van der Waals surface area contributed by atoms with E-state index in [0.29, 0.717) is 5.69 Å². The molecule has 0 aliphatic carbocycles. The monoisotopic (exact) mass is 196 g/mol. The van der Waals surface area contributed by atoms with Crippen LogP contribution in [0.25, 0.3) is 0 Å². The van der Waals surface area contributed by atoms with Gasteiger partial charge in [-0.2, -0.15) is 5.10 Å². The Hall–Kier alpha value is -1.32. The highest BCUT2D eigenvalue weighted by molar-refractivity contribution is 5.74. The number of nitrogens with zero attached hydrogens (tertiary/aromatic N) is 2. The van der Waals surface area contributed by atoms with Crippen molar-refractivity contribution in [3.63, 3.8) is 0 Å². The lowest BCUT2D eigenvalue weighted by molar-refractivity contribution is -0.138. The Morgan fingerprint density at radius 3 is 2.50 bits per heavy atom. The van der Waals surface area contributed by atoms with Crippen LogP contribution in [0.4, 0.5) is 0 Å². The molecule has 0 radical (unpaired) electrons. The molecule has 1 rings (SSSR count). The fraction of sp³-hybridized carbons (Fsp3) is 0.600. The molecule has 0 aromatic carbocycles. The second-order valence-electron chi connectivity index (χ2n) is 4.42.